The van der Waals surface area contributed by atoms with Gasteiger partial charge in [0.15, 0.2) is 0 Å². The monoisotopic (exact) mass is 278 g/mol. The molecule has 1 heterocycles. The van der Waals surface area contributed by atoms with Gasteiger partial charge in [-0.2, -0.15) is 0 Å². The summed E-state index contributed by atoms with van der Waals surface area (Å²) < 4.78 is 5.68. The molecule has 1 fully saturated rings. The fourth-order valence-electron chi connectivity index (χ4n) is 2.49. The summed E-state index contributed by atoms with van der Waals surface area (Å²) in [7, 11) is 2.04. The van der Waals surface area contributed by atoms with Gasteiger partial charge in [0.2, 0.25) is 0 Å². The number of benzene rings is 1. The van der Waals surface area contributed by atoms with Gasteiger partial charge in [0, 0.05) is 26.2 Å². The van der Waals surface area contributed by atoms with Crippen molar-refractivity contribution in [1.82, 2.24) is 10.2 Å². The Balaban J connectivity index is 1.92. The minimum Gasteiger partial charge on any atom is -0.481 e. The molecule has 20 heavy (non-hydrogen) atoms. The maximum absolute atomic E-state index is 10.9. The van der Waals surface area contributed by atoms with Crippen LogP contribution in [-0.4, -0.2) is 55.4 Å². The lowest BCUT2D eigenvalue weighted by atomic mass is 10.0. The van der Waals surface area contributed by atoms with Gasteiger partial charge in [-0.15, -0.1) is 0 Å². The van der Waals surface area contributed by atoms with E-state index in [1.807, 2.05) is 31.3 Å². The number of nitrogens with zero attached hydrogens (tertiary/aromatic N) is 1. The first-order valence-corrected chi connectivity index (χ1v) is 6.94. The van der Waals surface area contributed by atoms with E-state index < -0.39 is 5.97 Å². The highest BCUT2D eigenvalue weighted by molar-refractivity contribution is 5.70. The van der Waals surface area contributed by atoms with E-state index >= 15 is 0 Å². The van der Waals surface area contributed by atoms with Gasteiger partial charge >= 0.3 is 5.97 Å². The van der Waals surface area contributed by atoms with Crippen LogP contribution in [0.5, 0.6) is 0 Å². The number of carboxylic acids is 1. The molecule has 0 spiro atoms. The third-order valence-corrected chi connectivity index (χ3v) is 3.42. The second-order valence-electron chi connectivity index (χ2n) is 5.23. The van der Waals surface area contributed by atoms with E-state index in [-0.39, 0.29) is 12.5 Å². The molecule has 0 aliphatic carbocycles. The molecule has 1 aliphatic rings. The van der Waals surface area contributed by atoms with Crippen LogP contribution in [-0.2, 0) is 22.5 Å². The zero-order chi connectivity index (χ0) is 14.4. The van der Waals surface area contributed by atoms with E-state index in [9.17, 15) is 4.79 Å². The topological polar surface area (TPSA) is 61.8 Å². The van der Waals surface area contributed by atoms with Crippen molar-refractivity contribution in [1.29, 1.82) is 0 Å². The van der Waals surface area contributed by atoms with Crippen LogP contribution in [0.2, 0.25) is 0 Å². The molecule has 1 aromatic rings. The van der Waals surface area contributed by atoms with Crippen molar-refractivity contribution in [2.24, 2.45) is 0 Å². The van der Waals surface area contributed by atoms with Gasteiger partial charge in [-0.1, -0.05) is 24.3 Å². The summed E-state index contributed by atoms with van der Waals surface area (Å²) in [5.41, 5.74) is 1.95. The lowest BCUT2D eigenvalue weighted by molar-refractivity contribution is -0.136. The van der Waals surface area contributed by atoms with Crippen molar-refractivity contribution in [2.75, 3.05) is 33.3 Å². The molecule has 5 heteroatoms. The van der Waals surface area contributed by atoms with Crippen LogP contribution in [0.4, 0.5) is 0 Å². The number of rotatable bonds is 6. The van der Waals surface area contributed by atoms with E-state index in [4.69, 9.17) is 9.84 Å². The minimum absolute atomic E-state index is 0.0749. The fourth-order valence-corrected chi connectivity index (χ4v) is 2.49. The van der Waals surface area contributed by atoms with Crippen LogP contribution < -0.4 is 5.32 Å². The summed E-state index contributed by atoms with van der Waals surface area (Å²) in [6, 6.07) is 7.72. The van der Waals surface area contributed by atoms with Gasteiger partial charge in [-0.3, -0.25) is 9.69 Å². The molecule has 1 saturated heterocycles. The van der Waals surface area contributed by atoms with Gasteiger partial charge in [-0.25, -0.2) is 0 Å². The van der Waals surface area contributed by atoms with Crippen LogP contribution in [0.25, 0.3) is 0 Å². The first-order chi connectivity index (χ1) is 9.65. The second kappa shape index (κ2) is 7.38. The highest BCUT2D eigenvalue weighted by atomic mass is 16.5. The number of carboxylic acid groups (broad SMARTS) is 1. The Kier molecular flexibility index (Phi) is 5.52. The molecular formula is C15H22N2O3. The molecule has 1 unspecified atom stereocenters. The van der Waals surface area contributed by atoms with E-state index in [2.05, 4.69) is 10.2 Å². The summed E-state index contributed by atoms with van der Waals surface area (Å²) in [5, 5.41) is 12.3. The van der Waals surface area contributed by atoms with Gasteiger partial charge in [0.25, 0.3) is 0 Å². The van der Waals surface area contributed by atoms with E-state index in [0.717, 1.165) is 43.9 Å². The predicted octanol–water partition coefficient (Wildman–Crippen LogP) is 0.734. The molecule has 1 aliphatic heterocycles. The van der Waals surface area contributed by atoms with Crippen molar-refractivity contribution in [2.45, 2.75) is 19.1 Å². The van der Waals surface area contributed by atoms with Crippen molar-refractivity contribution in [3.05, 3.63) is 35.4 Å². The largest absolute Gasteiger partial charge is 0.481 e. The van der Waals surface area contributed by atoms with Crippen molar-refractivity contribution in [3.63, 3.8) is 0 Å². The zero-order valence-corrected chi connectivity index (χ0v) is 11.8. The van der Waals surface area contributed by atoms with Crippen LogP contribution >= 0.6 is 0 Å². The van der Waals surface area contributed by atoms with Crippen LogP contribution in [0.15, 0.2) is 24.3 Å². The number of aliphatic carboxylic acids is 1. The lowest BCUT2D eigenvalue weighted by Gasteiger charge is -2.28. The molecule has 2 N–H and O–H groups in total. The Morgan fingerprint density at radius 3 is 2.85 bits per heavy atom. The third kappa shape index (κ3) is 4.59. The predicted molar refractivity (Wildman–Crippen MR) is 76.7 cm³/mol. The quantitative estimate of drug-likeness (QED) is 0.803. The third-order valence-electron chi connectivity index (χ3n) is 3.42. The molecule has 110 valence electrons. The van der Waals surface area contributed by atoms with Crippen LogP contribution in [0.1, 0.15) is 11.1 Å². The Morgan fingerprint density at radius 2 is 2.20 bits per heavy atom. The number of carbonyl (C=O) groups is 1. The van der Waals surface area contributed by atoms with Crippen LogP contribution in [0.3, 0.4) is 0 Å². The van der Waals surface area contributed by atoms with Crippen molar-refractivity contribution < 1.29 is 14.6 Å². The maximum atomic E-state index is 10.9. The van der Waals surface area contributed by atoms with E-state index in [0.29, 0.717) is 0 Å². The maximum Gasteiger partial charge on any atom is 0.307 e. The number of likely N-dealkylation sites (N-methyl/N-ethyl adjacent to an activating group) is 1. The summed E-state index contributed by atoms with van der Waals surface area (Å²) in [6.07, 6.45) is 0.284. The number of ether oxygens (including phenoxy) is 1. The highest BCUT2D eigenvalue weighted by Gasteiger charge is 2.16. The Hall–Kier alpha value is -1.43. The first-order valence-electron chi connectivity index (χ1n) is 6.94. The summed E-state index contributed by atoms with van der Waals surface area (Å²) in [5.74, 6) is -0.792. The molecule has 0 radical (unpaired) electrons. The normalized spacial score (nSPS) is 19.2. The average molecular weight is 278 g/mol. The average Bonchev–Trinajstić information content (AvgIpc) is 2.41. The molecule has 0 saturated carbocycles. The summed E-state index contributed by atoms with van der Waals surface area (Å²) in [4.78, 5) is 13.1. The molecule has 0 bridgehead atoms. The Bertz CT molecular complexity index is 444. The lowest BCUT2D eigenvalue weighted by Crippen LogP contribution is -2.44. The van der Waals surface area contributed by atoms with Crippen molar-refractivity contribution >= 4 is 5.97 Å². The molecule has 0 aromatic heterocycles. The van der Waals surface area contributed by atoms with Crippen LogP contribution in [0, 0.1) is 0 Å². The molecule has 2 rings (SSSR count). The fraction of sp³-hybridized carbons (Fsp3) is 0.533. The standard InChI is InChI=1S/C15H22N2O3/c1-17(11-14-9-16-6-7-20-14)10-13-5-3-2-4-12(13)8-15(18)19/h2-5,14,16H,6-11H2,1H3,(H,18,19). The zero-order valence-electron chi connectivity index (χ0n) is 11.8. The number of hydrogen-bond donors (Lipinski definition) is 2. The molecular weight excluding hydrogens is 256 g/mol. The van der Waals surface area contributed by atoms with Crippen molar-refractivity contribution in [3.8, 4) is 0 Å². The van der Waals surface area contributed by atoms with Gasteiger partial charge in [-0.05, 0) is 18.2 Å². The minimum atomic E-state index is -0.792. The Labute approximate surface area is 119 Å². The highest BCUT2D eigenvalue weighted by Crippen LogP contribution is 2.12. The smallest absolute Gasteiger partial charge is 0.307 e. The first kappa shape index (κ1) is 15.0. The SMILES string of the molecule is CN(Cc1ccccc1CC(=O)O)CC1CNCCO1. The Morgan fingerprint density at radius 1 is 1.45 bits per heavy atom. The summed E-state index contributed by atoms with van der Waals surface area (Å²) in [6.45, 7) is 4.13. The molecule has 1 aromatic carbocycles. The van der Waals surface area contributed by atoms with E-state index in [1.54, 1.807) is 0 Å². The molecule has 1 atom stereocenters. The van der Waals surface area contributed by atoms with Gasteiger partial charge in [0.05, 0.1) is 19.1 Å². The molecule has 5 nitrogen and oxygen atoms in total. The number of morpholine rings is 1. The number of hydrogen-bond acceptors (Lipinski definition) is 4. The second-order valence-corrected chi connectivity index (χ2v) is 5.23. The summed E-state index contributed by atoms with van der Waals surface area (Å²) >= 11 is 0. The number of nitrogens with one attached hydrogen (secondary N) is 1. The van der Waals surface area contributed by atoms with E-state index in [1.165, 1.54) is 0 Å². The molecule has 0 amide bonds. The van der Waals surface area contributed by atoms with Gasteiger partial charge < -0.3 is 15.2 Å². The van der Waals surface area contributed by atoms with Gasteiger partial charge in [0.1, 0.15) is 0 Å².